The van der Waals surface area contributed by atoms with Crippen molar-refractivity contribution in [2.75, 3.05) is 11.9 Å². The lowest BCUT2D eigenvalue weighted by atomic mass is 10.3. The largest absolute Gasteiger partial charge is 0.325 e. The highest BCUT2D eigenvalue weighted by atomic mass is 32.2. The molecule has 1 heterocycles. The highest BCUT2D eigenvalue weighted by molar-refractivity contribution is 7.98. The smallest absolute Gasteiger partial charge is 0.206 e. The van der Waals surface area contributed by atoms with Gasteiger partial charge in [0.25, 0.3) is 0 Å². The van der Waals surface area contributed by atoms with Crippen LogP contribution in [0.4, 0.5) is 10.1 Å². The molecule has 0 saturated heterocycles. The summed E-state index contributed by atoms with van der Waals surface area (Å²) in [7, 11) is 0. The number of nitrogens with zero attached hydrogens (tertiary/aromatic N) is 1. The highest BCUT2D eigenvalue weighted by Gasteiger charge is 2.13. The molecule has 1 aromatic carbocycles. The van der Waals surface area contributed by atoms with Gasteiger partial charge in [-0.1, -0.05) is 13.3 Å². The number of rotatable bonds is 3. The zero-order valence-corrected chi connectivity index (χ0v) is 9.90. The SMILES string of the molecule is CCCCN=C1NSc2cc(F)ccc2N1. The first-order valence-electron chi connectivity index (χ1n) is 5.33. The van der Waals surface area contributed by atoms with Crippen LogP contribution in [0.5, 0.6) is 0 Å². The van der Waals surface area contributed by atoms with Gasteiger partial charge in [0.15, 0.2) is 0 Å². The van der Waals surface area contributed by atoms with Crippen LogP contribution in [0.1, 0.15) is 19.8 Å². The van der Waals surface area contributed by atoms with E-state index >= 15 is 0 Å². The molecule has 0 atom stereocenters. The van der Waals surface area contributed by atoms with Crippen LogP contribution in [0.2, 0.25) is 0 Å². The maximum absolute atomic E-state index is 12.9. The van der Waals surface area contributed by atoms with Crippen molar-refractivity contribution >= 4 is 23.6 Å². The van der Waals surface area contributed by atoms with Gasteiger partial charge in [-0.2, -0.15) is 0 Å². The first kappa shape index (κ1) is 11.3. The fourth-order valence-electron chi connectivity index (χ4n) is 1.36. The molecule has 86 valence electrons. The Morgan fingerprint density at radius 1 is 1.44 bits per heavy atom. The van der Waals surface area contributed by atoms with Gasteiger partial charge in [-0.3, -0.25) is 9.71 Å². The van der Waals surface area contributed by atoms with E-state index in [1.807, 2.05) is 0 Å². The van der Waals surface area contributed by atoms with Crippen LogP contribution >= 0.6 is 11.9 Å². The van der Waals surface area contributed by atoms with Crippen molar-refractivity contribution in [1.82, 2.24) is 4.72 Å². The summed E-state index contributed by atoms with van der Waals surface area (Å²) in [5.41, 5.74) is 0.903. The van der Waals surface area contributed by atoms with Gasteiger partial charge in [0, 0.05) is 6.54 Å². The molecule has 5 heteroatoms. The minimum Gasteiger partial charge on any atom is -0.325 e. The number of halogens is 1. The molecule has 0 spiro atoms. The summed E-state index contributed by atoms with van der Waals surface area (Å²) >= 11 is 1.39. The number of hydrogen-bond donors (Lipinski definition) is 2. The van der Waals surface area contributed by atoms with Crippen LogP contribution in [0.3, 0.4) is 0 Å². The molecule has 3 nitrogen and oxygen atoms in total. The first-order chi connectivity index (χ1) is 7.79. The Bertz CT molecular complexity index is 406. The van der Waals surface area contributed by atoms with E-state index in [4.69, 9.17) is 0 Å². The molecular formula is C11H14FN3S. The van der Waals surface area contributed by atoms with Crippen LogP contribution < -0.4 is 10.0 Å². The van der Waals surface area contributed by atoms with E-state index < -0.39 is 0 Å². The number of unbranched alkanes of at least 4 members (excludes halogenated alkanes) is 1. The Morgan fingerprint density at radius 3 is 3.12 bits per heavy atom. The third-order valence-electron chi connectivity index (χ3n) is 2.24. The first-order valence-corrected chi connectivity index (χ1v) is 6.15. The molecule has 16 heavy (non-hydrogen) atoms. The zero-order chi connectivity index (χ0) is 11.4. The quantitative estimate of drug-likeness (QED) is 0.629. The Hall–Kier alpha value is -1.23. The van der Waals surface area contributed by atoms with E-state index in [-0.39, 0.29) is 5.82 Å². The summed E-state index contributed by atoms with van der Waals surface area (Å²) in [6.45, 7) is 2.94. The number of nitrogens with one attached hydrogen (secondary N) is 2. The molecule has 0 aromatic heterocycles. The predicted octanol–water partition coefficient (Wildman–Crippen LogP) is 3.00. The fraction of sp³-hybridized carbons (Fsp3) is 0.364. The van der Waals surface area contributed by atoms with Gasteiger partial charge < -0.3 is 5.32 Å². The summed E-state index contributed by atoms with van der Waals surface area (Å²) in [6.07, 6.45) is 2.21. The maximum atomic E-state index is 12.9. The van der Waals surface area contributed by atoms with Crippen molar-refractivity contribution in [3.05, 3.63) is 24.0 Å². The van der Waals surface area contributed by atoms with Gasteiger partial charge in [0.1, 0.15) is 5.82 Å². The van der Waals surface area contributed by atoms with E-state index in [0.29, 0.717) is 0 Å². The molecule has 0 fully saturated rings. The maximum Gasteiger partial charge on any atom is 0.206 e. The highest BCUT2D eigenvalue weighted by Crippen LogP contribution is 2.29. The zero-order valence-electron chi connectivity index (χ0n) is 9.09. The van der Waals surface area contributed by atoms with Gasteiger partial charge in [-0.05, 0) is 36.6 Å². The molecule has 1 aliphatic rings. The molecule has 0 radical (unpaired) electrons. The van der Waals surface area contributed by atoms with E-state index in [1.165, 1.54) is 24.1 Å². The normalized spacial score (nSPS) is 16.5. The molecule has 2 rings (SSSR count). The third kappa shape index (κ3) is 2.66. The van der Waals surface area contributed by atoms with Crippen molar-refractivity contribution < 1.29 is 4.39 Å². The monoisotopic (exact) mass is 239 g/mol. The fourth-order valence-corrected chi connectivity index (χ4v) is 2.08. The Kier molecular flexibility index (Phi) is 3.66. The van der Waals surface area contributed by atoms with Crippen LogP contribution in [-0.4, -0.2) is 12.5 Å². The second kappa shape index (κ2) is 5.21. The molecule has 2 N–H and O–H groups in total. The van der Waals surface area contributed by atoms with Crippen LogP contribution in [0, 0.1) is 5.82 Å². The number of fused-ring (bicyclic) bond motifs is 1. The van der Waals surface area contributed by atoms with Crippen LogP contribution in [-0.2, 0) is 0 Å². The summed E-state index contributed by atoms with van der Waals surface area (Å²) in [5, 5.41) is 3.13. The van der Waals surface area contributed by atoms with Crippen LogP contribution in [0.15, 0.2) is 28.1 Å². The summed E-state index contributed by atoms with van der Waals surface area (Å²) < 4.78 is 16.0. The van der Waals surface area contributed by atoms with E-state index in [9.17, 15) is 4.39 Å². The van der Waals surface area contributed by atoms with Crippen molar-refractivity contribution in [2.45, 2.75) is 24.7 Å². The molecule has 0 aliphatic carbocycles. The minimum absolute atomic E-state index is 0.221. The van der Waals surface area contributed by atoms with Gasteiger partial charge in [-0.15, -0.1) is 0 Å². The van der Waals surface area contributed by atoms with Gasteiger partial charge in [-0.25, -0.2) is 4.39 Å². The minimum atomic E-state index is -0.221. The average molecular weight is 239 g/mol. The molecule has 1 aliphatic heterocycles. The van der Waals surface area contributed by atoms with E-state index in [2.05, 4.69) is 22.0 Å². The van der Waals surface area contributed by atoms with Gasteiger partial charge in [0.05, 0.1) is 10.6 Å². The lowest BCUT2D eigenvalue weighted by Gasteiger charge is -2.20. The Morgan fingerprint density at radius 2 is 2.31 bits per heavy atom. The number of aliphatic imine (C=N–C) groups is 1. The summed E-state index contributed by atoms with van der Waals surface area (Å²) in [6, 6.07) is 4.68. The molecule has 0 bridgehead atoms. The van der Waals surface area contributed by atoms with Crippen molar-refractivity contribution in [3.63, 3.8) is 0 Å². The Labute approximate surface area is 98.7 Å². The lowest BCUT2D eigenvalue weighted by Crippen LogP contribution is -2.29. The van der Waals surface area contributed by atoms with Gasteiger partial charge >= 0.3 is 0 Å². The van der Waals surface area contributed by atoms with Gasteiger partial charge in [0.2, 0.25) is 5.96 Å². The average Bonchev–Trinajstić information content (AvgIpc) is 2.29. The lowest BCUT2D eigenvalue weighted by molar-refractivity contribution is 0.624. The van der Waals surface area contributed by atoms with E-state index in [0.717, 1.165) is 35.9 Å². The third-order valence-corrected chi connectivity index (χ3v) is 3.09. The topological polar surface area (TPSA) is 36.4 Å². The van der Waals surface area contributed by atoms with E-state index in [1.54, 1.807) is 6.07 Å². The number of benzene rings is 1. The molecule has 0 amide bonds. The Balaban J connectivity index is 2.06. The second-order valence-corrected chi connectivity index (χ2v) is 4.40. The second-order valence-electron chi connectivity index (χ2n) is 3.55. The summed E-state index contributed by atoms with van der Waals surface area (Å²) in [4.78, 5) is 5.23. The predicted molar refractivity (Wildman–Crippen MR) is 66.2 cm³/mol. The summed E-state index contributed by atoms with van der Waals surface area (Å²) in [5.74, 6) is 0.527. The molecule has 0 unspecified atom stereocenters. The van der Waals surface area contributed by atoms with Crippen molar-refractivity contribution in [3.8, 4) is 0 Å². The number of guanidine groups is 1. The number of hydrogen-bond acceptors (Lipinski definition) is 2. The standard InChI is InChI=1S/C11H14FN3S/c1-2-3-6-13-11-14-9-5-4-8(12)7-10(9)16-15-11/h4-5,7H,2-3,6H2,1H3,(H2,13,14,15). The molecule has 1 aromatic rings. The van der Waals surface area contributed by atoms with Crippen molar-refractivity contribution in [2.24, 2.45) is 4.99 Å². The molecular weight excluding hydrogens is 225 g/mol. The van der Waals surface area contributed by atoms with Crippen LogP contribution in [0.25, 0.3) is 0 Å². The molecule has 0 saturated carbocycles. The number of anilines is 1. The van der Waals surface area contributed by atoms with Crippen molar-refractivity contribution in [1.29, 1.82) is 0 Å².